The van der Waals surface area contributed by atoms with Crippen molar-refractivity contribution in [2.45, 2.75) is 26.2 Å². The Labute approximate surface area is 106 Å². The summed E-state index contributed by atoms with van der Waals surface area (Å²) in [7, 11) is 1.69. The molecule has 0 saturated carbocycles. The minimum Gasteiger partial charge on any atom is -0.497 e. The molecular weight excluding hydrogens is 230 g/mol. The maximum Gasteiger partial charge on any atom is 0.119 e. The fourth-order valence-electron chi connectivity index (χ4n) is 1.63. The molecule has 2 rings (SSSR count). The fraction of sp³-hybridized carbons (Fsp3) is 0.357. The van der Waals surface area contributed by atoms with Crippen molar-refractivity contribution in [3.8, 4) is 5.75 Å². The predicted molar refractivity (Wildman–Crippen MR) is 72.0 cm³/mol. The Hall–Kier alpha value is -1.35. The van der Waals surface area contributed by atoms with Crippen LogP contribution in [0.4, 0.5) is 0 Å². The molecule has 2 nitrogen and oxygen atoms in total. The summed E-state index contributed by atoms with van der Waals surface area (Å²) in [6.45, 7) is 4.39. The second kappa shape index (κ2) is 5.32. The molecule has 17 heavy (non-hydrogen) atoms. The van der Waals surface area contributed by atoms with Crippen LogP contribution < -0.4 is 4.74 Å². The first-order valence-electron chi connectivity index (χ1n) is 5.76. The minimum absolute atomic E-state index is 0.562. The van der Waals surface area contributed by atoms with Gasteiger partial charge in [-0.3, -0.25) is 0 Å². The van der Waals surface area contributed by atoms with Crippen molar-refractivity contribution in [1.29, 1.82) is 0 Å². The van der Waals surface area contributed by atoms with Crippen LogP contribution in [0.15, 0.2) is 30.5 Å². The number of thiazole rings is 1. The largest absolute Gasteiger partial charge is 0.497 e. The highest BCUT2D eigenvalue weighted by Crippen LogP contribution is 2.24. The second-order valence-electron chi connectivity index (χ2n) is 4.34. The molecule has 0 aliphatic carbocycles. The fourth-order valence-corrected chi connectivity index (χ4v) is 2.59. The van der Waals surface area contributed by atoms with Crippen LogP contribution in [0.25, 0.3) is 0 Å². The topological polar surface area (TPSA) is 22.1 Å². The summed E-state index contributed by atoms with van der Waals surface area (Å²) in [5, 5.41) is 1.17. The molecule has 0 spiro atoms. The summed E-state index contributed by atoms with van der Waals surface area (Å²) in [4.78, 5) is 5.82. The first-order valence-corrected chi connectivity index (χ1v) is 6.58. The van der Waals surface area contributed by atoms with Crippen LogP contribution in [0.2, 0.25) is 0 Å². The van der Waals surface area contributed by atoms with Crippen molar-refractivity contribution in [3.63, 3.8) is 0 Å². The normalized spacial score (nSPS) is 10.8. The van der Waals surface area contributed by atoms with Gasteiger partial charge in [-0.15, -0.1) is 11.3 Å². The smallest absolute Gasteiger partial charge is 0.119 e. The van der Waals surface area contributed by atoms with Gasteiger partial charge in [-0.25, -0.2) is 4.98 Å². The molecule has 1 heterocycles. The van der Waals surface area contributed by atoms with Crippen molar-refractivity contribution in [2.75, 3.05) is 7.11 Å². The van der Waals surface area contributed by atoms with E-state index in [0.717, 1.165) is 12.2 Å². The maximum atomic E-state index is 5.22. The third-order valence-electron chi connectivity index (χ3n) is 2.63. The van der Waals surface area contributed by atoms with E-state index in [9.17, 15) is 0 Å². The van der Waals surface area contributed by atoms with E-state index in [0.29, 0.717) is 5.92 Å². The van der Waals surface area contributed by atoms with Crippen molar-refractivity contribution < 1.29 is 4.74 Å². The summed E-state index contributed by atoms with van der Waals surface area (Å²) in [5.74, 6) is 1.47. The van der Waals surface area contributed by atoms with Crippen LogP contribution in [0.3, 0.4) is 0 Å². The van der Waals surface area contributed by atoms with Crippen LogP contribution in [0.1, 0.15) is 35.2 Å². The predicted octanol–water partition coefficient (Wildman–Crippen LogP) is 3.87. The molecule has 0 fully saturated rings. The van der Waals surface area contributed by atoms with Gasteiger partial charge in [0.2, 0.25) is 0 Å². The lowest BCUT2D eigenvalue weighted by Crippen LogP contribution is -1.88. The molecule has 0 amide bonds. The highest BCUT2D eigenvalue weighted by molar-refractivity contribution is 7.11. The maximum absolute atomic E-state index is 5.22. The van der Waals surface area contributed by atoms with Gasteiger partial charge in [-0.1, -0.05) is 26.0 Å². The SMILES string of the molecule is COc1cccc(Cc2ncc(C(C)C)s2)c1. The van der Waals surface area contributed by atoms with Crippen LogP contribution >= 0.6 is 11.3 Å². The molecule has 0 unspecified atom stereocenters. The molecule has 3 heteroatoms. The summed E-state index contributed by atoms with van der Waals surface area (Å²) in [5.41, 5.74) is 1.24. The third kappa shape index (κ3) is 3.07. The van der Waals surface area contributed by atoms with Gasteiger partial charge in [-0.05, 0) is 23.6 Å². The van der Waals surface area contributed by atoms with Gasteiger partial charge in [0.05, 0.1) is 12.1 Å². The number of benzene rings is 1. The highest BCUT2D eigenvalue weighted by Gasteiger charge is 2.06. The Morgan fingerprint density at radius 1 is 1.35 bits per heavy atom. The number of ether oxygens (including phenoxy) is 1. The molecule has 2 aromatic rings. The van der Waals surface area contributed by atoms with E-state index in [2.05, 4.69) is 31.0 Å². The molecule has 0 aliphatic heterocycles. The number of hydrogen-bond donors (Lipinski definition) is 0. The van der Waals surface area contributed by atoms with Gasteiger partial charge >= 0.3 is 0 Å². The average Bonchev–Trinajstić information content (AvgIpc) is 2.78. The monoisotopic (exact) mass is 247 g/mol. The lowest BCUT2D eigenvalue weighted by molar-refractivity contribution is 0.414. The first kappa shape index (κ1) is 12.1. The van der Waals surface area contributed by atoms with E-state index < -0.39 is 0 Å². The van der Waals surface area contributed by atoms with E-state index in [-0.39, 0.29) is 0 Å². The van der Waals surface area contributed by atoms with Gasteiger partial charge in [0.25, 0.3) is 0 Å². The standard InChI is InChI=1S/C14H17NOS/c1-10(2)13-9-15-14(17-13)8-11-5-4-6-12(7-11)16-3/h4-7,9-10H,8H2,1-3H3. The van der Waals surface area contributed by atoms with Crippen LogP contribution in [0.5, 0.6) is 5.75 Å². The van der Waals surface area contributed by atoms with E-state index in [4.69, 9.17) is 4.74 Å². The Morgan fingerprint density at radius 3 is 2.82 bits per heavy atom. The molecule has 1 aromatic heterocycles. The molecule has 0 bridgehead atoms. The van der Waals surface area contributed by atoms with Gasteiger partial charge in [-0.2, -0.15) is 0 Å². The Kier molecular flexibility index (Phi) is 3.79. The molecule has 0 aliphatic rings. The lowest BCUT2D eigenvalue weighted by atomic mass is 10.1. The highest BCUT2D eigenvalue weighted by atomic mass is 32.1. The van der Waals surface area contributed by atoms with Gasteiger partial charge in [0.15, 0.2) is 0 Å². The average molecular weight is 247 g/mol. The molecule has 0 atom stereocenters. The summed E-state index contributed by atoms with van der Waals surface area (Å²) >= 11 is 1.80. The van der Waals surface area contributed by atoms with Crippen molar-refractivity contribution in [1.82, 2.24) is 4.98 Å². The first-order chi connectivity index (χ1) is 8.19. The number of methoxy groups -OCH3 is 1. The van der Waals surface area contributed by atoms with Gasteiger partial charge in [0, 0.05) is 17.5 Å². The summed E-state index contributed by atoms with van der Waals surface area (Å²) in [6, 6.07) is 8.16. The summed E-state index contributed by atoms with van der Waals surface area (Å²) < 4.78 is 5.22. The molecule has 1 aromatic carbocycles. The number of aromatic nitrogens is 1. The number of nitrogens with zero attached hydrogens (tertiary/aromatic N) is 1. The lowest BCUT2D eigenvalue weighted by Gasteiger charge is -2.02. The van der Waals surface area contributed by atoms with Crippen molar-refractivity contribution >= 4 is 11.3 Å². The van der Waals surface area contributed by atoms with E-state index >= 15 is 0 Å². The molecule has 0 N–H and O–H groups in total. The van der Waals surface area contributed by atoms with Crippen molar-refractivity contribution in [3.05, 3.63) is 45.9 Å². The molecule has 90 valence electrons. The van der Waals surface area contributed by atoms with E-state index in [1.54, 1.807) is 18.4 Å². The molecular formula is C14H17NOS. The van der Waals surface area contributed by atoms with Crippen LogP contribution in [-0.2, 0) is 6.42 Å². The van der Waals surface area contributed by atoms with Gasteiger partial charge in [0.1, 0.15) is 5.75 Å². The Balaban J connectivity index is 2.13. The van der Waals surface area contributed by atoms with E-state index in [1.807, 2.05) is 18.3 Å². The zero-order valence-electron chi connectivity index (χ0n) is 10.4. The zero-order valence-corrected chi connectivity index (χ0v) is 11.3. The molecule has 0 saturated heterocycles. The number of hydrogen-bond acceptors (Lipinski definition) is 3. The Bertz CT molecular complexity index is 490. The molecule has 0 radical (unpaired) electrons. The summed E-state index contributed by atoms with van der Waals surface area (Å²) in [6.07, 6.45) is 2.87. The van der Waals surface area contributed by atoms with Crippen molar-refractivity contribution in [2.24, 2.45) is 0 Å². The third-order valence-corrected chi connectivity index (χ3v) is 3.93. The van der Waals surface area contributed by atoms with Crippen LogP contribution in [-0.4, -0.2) is 12.1 Å². The minimum atomic E-state index is 0.562. The van der Waals surface area contributed by atoms with E-state index in [1.165, 1.54) is 15.4 Å². The van der Waals surface area contributed by atoms with Crippen LogP contribution in [0, 0.1) is 0 Å². The van der Waals surface area contributed by atoms with Gasteiger partial charge < -0.3 is 4.74 Å². The Morgan fingerprint density at radius 2 is 2.18 bits per heavy atom. The quantitative estimate of drug-likeness (QED) is 0.818. The number of rotatable bonds is 4. The second-order valence-corrected chi connectivity index (χ2v) is 5.49. The zero-order chi connectivity index (χ0) is 12.3.